The zero-order valence-electron chi connectivity index (χ0n) is 11.5. The van der Waals surface area contributed by atoms with Crippen LogP contribution in [-0.2, 0) is 11.2 Å². The molecule has 1 aromatic carbocycles. The maximum atomic E-state index is 11.4. The number of rotatable bonds is 7. The van der Waals surface area contributed by atoms with E-state index in [0.717, 1.165) is 18.5 Å². The Morgan fingerprint density at radius 2 is 2.00 bits per heavy atom. The summed E-state index contributed by atoms with van der Waals surface area (Å²) >= 11 is 1.74. The molecule has 1 aromatic heterocycles. The minimum atomic E-state index is -0.765. The molecule has 4 heteroatoms. The Morgan fingerprint density at radius 1 is 1.25 bits per heavy atom. The highest BCUT2D eigenvalue weighted by Crippen LogP contribution is 2.17. The van der Waals surface area contributed by atoms with Crippen molar-refractivity contribution in [1.29, 1.82) is 0 Å². The van der Waals surface area contributed by atoms with Crippen molar-refractivity contribution < 1.29 is 9.90 Å². The zero-order valence-corrected chi connectivity index (χ0v) is 12.3. The Balaban J connectivity index is 1.93. The smallest absolute Gasteiger partial charge is 0.312 e. The Labute approximate surface area is 123 Å². The van der Waals surface area contributed by atoms with Crippen LogP contribution in [0.15, 0.2) is 47.8 Å². The largest absolute Gasteiger partial charge is 0.481 e. The second kappa shape index (κ2) is 7.22. The number of hydrogen-bond acceptors (Lipinski definition) is 3. The number of thiophene rings is 1. The third-order valence-corrected chi connectivity index (χ3v) is 4.25. The fourth-order valence-electron chi connectivity index (χ4n) is 2.17. The van der Waals surface area contributed by atoms with E-state index < -0.39 is 11.9 Å². The molecular formula is C16H19NO2S. The number of carboxylic acid groups (broad SMARTS) is 1. The lowest BCUT2D eigenvalue weighted by molar-refractivity contribution is -0.139. The summed E-state index contributed by atoms with van der Waals surface area (Å²) in [7, 11) is 1.98. The molecule has 1 atom stereocenters. The second-order valence-electron chi connectivity index (χ2n) is 4.89. The predicted octanol–water partition coefficient (Wildman–Crippen LogP) is 3.09. The number of carboxylic acids is 1. The maximum Gasteiger partial charge on any atom is 0.312 e. The lowest BCUT2D eigenvalue weighted by Crippen LogP contribution is -2.30. The lowest BCUT2D eigenvalue weighted by atomic mass is 9.99. The highest BCUT2D eigenvalue weighted by molar-refractivity contribution is 7.09. The van der Waals surface area contributed by atoms with Gasteiger partial charge < -0.3 is 10.0 Å². The van der Waals surface area contributed by atoms with Gasteiger partial charge in [-0.05, 0) is 30.5 Å². The van der Waals surface area contributed by atoms with E-state index in [1.807, 2.05) is 43.4 Å². The predicted molar refractivity (Wildman–Crippen MR) is 82.3 cm³/mol. The van der Waals surface area contributed by atoms with Gasteiger partial charge in [-0.1, -0.05) is 36.4 Å². The van der Waals surface area contributed by atoms with Crippen molar-refractivity contribution in [2.24, 2.45) is 0 Å². The molecule has 0 aliphatic carbocycles. The van der Waals surface area contributed by atoms with Crippen LogP contribution in [0.25, 0.3) is 0 Å². The Bertz CT molecular complexity index is 525. The van der Waals surface area contributed by atoms with Crippen LogP contribution >= 0.6 is 11.3 Å². The van der Waals surface area contributed by atoms with Gasteiger partial charge >= 0.3 is 5.97 Å². The molecule has 3 nitrogen and oxygen atoms in total. The summed E-state index contributed by atoms with van der Waals surface area (Å²) < 4.78 is 0. The standard InChI is InChI=1S/C16H19NO2S/c1-17(10-9-14-8-5-11-20-14)12-15(16(18)19)13-6-3-2-4-7-13/h2-8,11,15H,9-10,12H2,1H3,(H,18,19). The molecule has 106 valence electrons. The highest BCUT2D eigenvalue weighted by atomic mass is 32.1. The van der Waals surface area contributed by atoms with E-state index in [2.05, 4.69) is 16.3 Å². The molecule has 0 amide bonds. The van der Waals surface area contributed by atoms with Crippen molar-refractivity contribution in [3.63, 3.8) is 0 Å². The molecule has 20 heavy (non-hydrogen) atoms. The Kier molecular flexibility index (Phi) is 5.32. The first-order valence-corrected chi connectivity index (χ1v) is 7.53. The average molecular weight is 289 g/mol. The van der Waals surface area contributed by atoms with Crippen LogP contribution in [0.4, 0.5) is 0 Å². The third-order valence-electron chi connectivity index (χ3n) is 3.31. The number of aliphatic carboxylic acids is 1. The monoisotopic (exact) mass is 289 g/mol. The van der Waals surface area contributed by atoms with E-state index in [1.165, 1.54) is 4.88 Å². The lowest BCUT2D eigenvalue weighted by Gasteiger charge is -2.21. The number of likely N-dealkylation sites (N-methyl/N-ethyl adjacent to an activating group) is 1. The van der Waals surface area contributed by atoms with E-state index in [4.69, 9.17) is 0 Å². The van der Waals surface area contributed by atoms with Crippen molar-refractivity contribution in [3.8, 4) is 0 Å². The molecule has 1 N–H and O–H groups in total. The van der Waals surface area contributed by atoms with Crippen LogP contribution in [0.3, 0.4) is 0 Å². The summed E-state index contributed by atoms with van der Waals surface area (Å²) in [5.74, 6) is -1.23. The molecule has 1 unspecified atom stereocenters. The SMILES string of the molecule is CN(CCc1cccs1)CC(C(=O)O)c1ccccc1. The summed E-state index contributed by atoms with van der Waals surface area (Å²) in [6, 6.07) is 13.6. The van der Waals surface area contributed by atoms with Crippen LogP contribution in [-0.4, -0.2) is 36.1 Å². The molecule has 0 aliphatic heterocycles. The highest BCUT2D eigenvalue weighted by Gasteiger charge is 2.21. The van der Waals surface area contributed by atoms with Gasteiger partial charge in [0.1, 0.15) is 0 Å². The summed E-state index contributed by atoms with van der Waals surface area (Å²) in [6.07, 6.45) is 0.968. The first-order chi connectivity index (χ1) is 9.66. The molecule has 0 saturated carbocycles. The van der Waals surface area contributed by atoms with E-state index in [9.17, 15) is 9.90 Å². The molecule has 0 spiro atoms. The van der Waals surface area contributed by atoms with Crippen LogP contribution < -0.4 is 0 Å². The van der Waals surface area contributed by atoms with E-state index in [-0.39, 0.29) is 0 Å². The summed E-state index contributed by atoms with van der Waals surface area (Å²) in [5.41, 5.74) is 0.864. The summed E-state index contributed by atoms with van der Waals surface area (Å²) in [6.45, 7) is 1.40. The molecule has 0 radical (unpaired) electrons. The molecule has 1 heterocycles. The first kappa shape index (κ1) is 14.8. The van der Waals surface area contributed by atoms with Crippen molar-refractivity contribution in [2.45, 2.75) is 12.3 Å². The molecule has 0 aliphatic rings. The van der Waals surface area contributed by atoms with Gasteiger partial charge in [-0.2, -0.15) is 0 Å². The van der Waals surface area contributed by atoms with Crippen LogP contribution in [0.1, 0.15) is 16.4 Å². The molecule has 2 rings (SSSR count). The average Bonchev–Trinajstić information content (AvgIpc) is 2.96. The van der Waals surface area contributed by atoms with Crippen molar-refractivity contribution in [1.82, 2.24) is 4.90 Å². The number of nitrogens with zero attached hydrogens (tertiary/aromatic N) is 1. The fraction of sp³-hybridized carbons (Fsp3) is 0.312. The number of carbonyl (C=O) groups is 1. The van der Waals surface area contributed by atoms with Crippen LogP contribution in [0.2, 0.25) is 0 Å². The summed E-state index contributed by atoms with van der Waals surface area (Å²) in [5, 5.41) is 11.5. The minimum Gasteiger partial charge on any atom is -0.481 e. The maximum absolute atomic E-state index is 11.4. The van der Waals surface area contributed by atoms with E-state index in [1.54, 1.807) is 11.3 Å². The van der Waals surface area contributed by atoms with Crippen LogP contribution in [0, 0.1) is 0 Å². The molecule has 0 bridgehead atoms. The van der Waals surface area contributed by atoms with Crippen LogP contribution in [0.5, 0.6) is 0 Å². The van der Waals surface area contributed by atoms with Gasteiger partial charge in [-0.25, -0.2) is 0 Å². The van der Waals surface area contributed by atoms with Gasteiger partial charge in [0.05, 0.1) is 5.92 Å². The fourth-order valence-corrected chi connectivity index (χ4v) is 2.87. The number of hydrogen-bond donors (Lipinski definition) is 1. The van der Waals surface area contributed by atoms with Crippen molar-refractivity contribution in [3.05, 3.63) is 58.3 Å². The minimum absolute atomic E-state index is 0.468. The Morgan fingerprint density at radius 3 is 2.60 bits per heavy atom. The molecular weight excluding hydrogens is 270 g/mol. The second-order valence-corrected chi connectivity index (χ2v) is 5.93. The zero-order chi connectivity index (χ0) is 14.4. The van der Waals surface area contributed by atoms with Gasteiger partial charge in [0, 0.05) is 18.0 Å². The summed E-state index contributed by atoms with van der Waals surface area (Å²) in [4.78, 5) is 14.9. The quantitative estimate of drug-likeness (QED) is 0.851. The Hall–Kier alpha value is -1.65. The third kappa shape index (κ3) is 4.18. The first-order valence-electron chi connectivity index (χ1n) is 6.65. The molecule has 2 aromatic rings. The van der Waals surface area contributed by atoms with Gasteiger partial charge in [-0.15, -0.1) is 11.3 Å². The van der Waals surface area contributed by atoms with Gasteiger partial charge in [0.15, 0.2) is 0 Å². The van der Waals surface area contributed by atoms with E-state index in [0.29, 0.717) is 6.54 Å². The molecule has 0 fully saturated rings. The van der Waals surface area contributed by atoms with E-state index >= 15 is 0 Å². The number of benzene rings is 1. The van der Waals surface area contributed by atoms with Crippen molar-refractivity contribution >= 4 is 17.3 Å². The molecule has 0 saturated heterocycles. The van der Waals surface area contributed by atoms with Gasteiger partial charge in [0.2, 0.25) is 0 Å². The van der Waals surface area contributed by atoms with Crippen molar-refractivity contribution in [2.75, 3.05) is 20.1 Å². The van der Waals surface area contributed by atoms with Gasteiger partial charge in [-0.3, -0.25) is 4.79 Å². The topological polar surface area (TPSA) is 40.5 Å². The van der Waals surface area contributed by atoms with Gasteiger partial charge in [0.25, 0.3) is 0 Å². The normalized spacial score (nSPS) is 12.5.